The van der Waals surface area contributed by atoms with Crippen LogP contribution in [0.5, 0.6) is 5.75 Å². The third-order valence-corrected chi connectivity index (χ3v) is 6.26. The molecule has 1 heterocycles. The first-order valence-electron chi connectivity index (χ1n) is 10.4. The van der Waals surface area contributed by atoms with E-state index in [9.17, 15) is 14.4 Å². The normalized spacial score (nSPS) is 15.0. The third-order valence-electron chi connectivity index (χ3n) is 5.50. The van der Waals surface area contributed by atoms with Gasteiger partial charge in [-0.15, -0.1) is 0 Å². The number of halogens is 2. The summed E-state index contributed by atoms with van der Waals surface area (Å²) in [6, 6.07) is 17.1. The molecule has 0 aromatic heterocycles. The van der Waals surface area contributed by atoms with E-state index in [0.29, 0.717) is 22.0 Å². The van der Waals surface area contributed by atoms with Gasteiger partial charge in [0.25, 0.3) is 11.8 Å². The Bertz CT molecular complexity index is 1340. The van der Waals surface area contributed by atoms with Gasteiger partial charge in [-0.3, -0.25) is 14.9 Å². The number of aryl methyl sites for hydroxylation is 1. The van der Waals surface area contributed by atoms with Crippen LogP contribution in [-0.2, 0) is 16.2 Å². The molecular formula is C26H20BrClN2O4. The minimum absolute atomic E-state index is 0.198. The average molecular weight is 540 g/mol. The van der Waals surface area contributed by atoms with Crippen LogP contribution in [0.4, 0.5) is 10.5 Å². The molecule has 1 fully saturated rings. The van der Waals surface area contributed by atoms with Crippen molar-refractivity contribution in [3.8, 4) is 5.75 Å². The van der Waals surface area contributed by atoms with E-state index < -0.39 is 17.8 Å². The van der Waals surface area contributed by atoms with E-state index in [-0.39, 0.29) is 12.2 Å². The third kappa shape index (κ3) is 4.90. The Balaban J connectivity index is 1.69. The molecule has 1 aliphatic rings. The van der Waals surface area contributed by atoms with Gasteiger partial charge < -0.3 is 4.74 Å². The maximum absolute atomic E-state index is 13.3. The van der Waals surface area contributed by atoms with E-state index in [1.54, 1.807) is 30.3 Å². The minimum Gasteiger partial charge on any atom is -0.488 e. The smallest absolute Gasteiger partial charge is 0.335 e. The number of nitrogens with zero attached hydrogens (tertiary/aromatic N) is 1. The lowest BCUT2D eigenvalue weighted by Gasteiger charge is -2.28. The Morgan fingerprint density at radius 3 is 2.50 bits per heavy atom. The molecule has 8 heteroatoms. The standard InChI is InChI=1S/C26H20BrClN2O4/c1-15-4-3-5-22(16(15)2)30-25(32)21(24(31)29-26(30)33)13-18-12-20(28)10-11-23(18)34-14-17-6-8-19(27)9-7-17/h3-13H,14H2,1-2H3,(H,29,31,33)/b21-13+. The van der Waals surface area contributed by atoms with Crippen LogP contribution in [0.3, 0.4) is 0 Å². The van der Waals surface area contributed by atoms with Crippen molar-refractivity contribution in [1.82, 2.24) is 5.32 Å². The molecule has 1 aliphatic heterocycles. The predicted octanol–water partition coefficient (Wildman–Crippen LogP) is 5.96. The summed E-state index contributed by atoms with van der Waals surface area (Å²) in [5.41, 5.74) is 3.28. The summed E-state index contributed by atoms with van der Waals surface area (Å²) in [5, 5.41) is 2.66. The van der Waals surface area contributed by atoms with Crippen LogP contribution < -0.4 is 15.0 Å². The van der Waals surface area contributed by atoms with Crippen molar-refractivity contribution in [2.24, 2.45) is 0 Å². The van der Waals surface area contributed by atoms with Crippen molar-refractivity contribution in [3.05, 3.63) is 98.0 Å². The number of barbiturate groups is 1. The van der Waals surface area contributed by atoms with Crippen molar-refractivity contribution in [1.29, 1.82) is 0 Å². The number of urea groups is 1. The second-order valence-corrected chi connectivity index (χ2v) is 9.13. The SMILES string of the molecule is Cc1cccc(N2C(=O)NC(=O)/C(=C\c3cc(Cl)ccc3OCc3ccc(Br)cc3)C2=O)c1C. The van der Waals surface area contributed by atoms with Gasteiger partial charge in [-0.05, 0) is 73.0 Å². The summed E-state index contributed by atoms with van der Waals surface area (Å²) < 4.78 is 6.91. The minimum atomic E-state index is -0.793. The molecule has 3 aromatic carbocycles. The number of amides is 4. The fourth-order valence-corrected chi connectivity index (χ4v) is 3.96. The number of rotatable bonds is 5. The van der Waals surface area contributed by atoms with Crippen molar-refractivity contribution in [2.45, 2.75) is 20.5 Å². The van der Waals surface area contributed by atoms with E-state index in [1.165, 1.54) is 6.08 Å². The van der Waals surface area contributed by atoms with Crippen molar-refractivity contribution >= 4 is 57.1 Å². The predicted molar refractivity (Wildman–Crippen MR) is 135 cm³/mol. The summed E-state index contributed by atoms with van der Waals surface area (Å²) in [4.78, 5) is 39.5. The van der Waals surface area contributed by atoms with Gasteiger partial charge in [0.15, 0.2) is 0 Å². The zero-order valence-corrected chi connectivity index (χ0v) is 20.7. The second kappa shape index (κ2) is 9.83. The number of ether oxygens (including phenoxy) is 1. The van der Waals surface area contributed by atoms with Crippen LogP contribution in [0, 0.1) is 13.8 Å². The number of benzene rings is 3. The van der Waals surface area contributed by atoms with E-state index in [1.807, 2.05) is 44.2 Å². The zero-order valence-electron chi connectivity index (χ0n) is 18.4. The molecule has 6 nitrogen and oxygen atoms in total. The number of anilines is 1. The summed E-state index contributed by atoms with van der Waals surface area (Å²) >= 11 is 9.59. The molecule has 34 heavy (non-hydrogen) atoms. The Kier molecular flexibility index (Phi) is 6.86. The molecule has 4 rings (SSSR count). The summed E-state index contributed by atoms with van der Waals surface area (Å²) in [6.07, 6.45) is 1.39. The van der Waals surface area contributed by atoms with Crippen molar-refractivity contribution < 1.29 is 19.1 Å². The van der Waals surface area contributed by atoms with Gasteiger partial charge in [-0.25, -0.2) is 9.69 Å². The quantitative estimate of drug-likeness (QED) is 0.320. The van der Waals surface area contributed by atoms with E-state index in [0.717, 1.165) is 26.1 Å². The molecule has 0 radical (unpaired) electrons. The summed E-state index contributed by atoms with van der Waals surface area (Å²) in [5.74, 6) is -1.06. The molecule has 4 amide bonds. The Morgan fingerprint density at radius 2 is 1.76 bits per heavy atom. The highest BCUT2D eigenvalue weighted by molar-refractivity contribution is 9.10. The van der Waals surface area contributed by atoms with Crippen LogP contribution in [0.15, 0.2) is 70.7 Å². The van der Waals surface area contributed by atoms with Crippen molar-refractivity contribution in [3.63, 3.8) is 0 Å². The van der Waals surface area contributed by atoms with Crippen LogP contribution >= 0.6 is 27.5 Å². The largest absolute Gasteiger partial charge is 0.488 e. The van der Waals surface area contributed by atoms with Crippen LogP contribution in [0.2, 0.25) is 5.02 Å². The van der Waals surface area contributed by atoms with Gasteiger partial charge >= 0.3 is 6.03 Å². The summed E-state index contributed by atoms with van der Waals surface area (Å²) in [7, 11) is 0. The molecule has 1 N–H and O–H groups in total. The molecule has 3 aromatic rings. The van der Waals surface area contributed by atoms with Gasteiger partial charge in [0, 0.05) is 15.1 Å². The van der Waals surface area contributed by atoms with Gasteiger partial charge in [0.1, 0.15) is 17.9 Å². The Hall–Kier alpha value is -3.42. The first-order chi connectivity index (χ1) is 16.2. The topological polar surface area (TPSA) is 75.7 Å². The van der Waals surface area contributed by atoms with Crippen molar-refractivity contribution in [2.75, 3.05) is 4.90 Å². The molecule has 0 spiro atoms. The number of hydrogen-bond acceptors (Lipinski definition) is 4. The molecule has 1 saturated heterocycles. The number of imide groups is 2. The fourth-order valence-electron chi connectivity index (χ4n) is 3.51. The second-order valence-electron chi connectivity index (χ2n) is 7.77. The molecule has 0 unspecified atom stereocenters. The first kappa shape index (κ1) is 23.7. The monoisotopic (exact) mass is 538 g/mol. The highest BCUT2D eigenvalue weighted by Gasteiger charge is 2.37. The molecule has 0 atom stereocenters. The molecular weight excluding hydrogens is 520 g/mol. The number of carbonyl (C=O) groups excluding carboxylic acids is 3. The average Bonchev–Trinajstić information content (AvgIpc) is 2.80. The van der Waals surface area contributed by atoms with Gasteiger partial charge in [-0.2, -0.15) is 0 Å². The highest BCUT2D eigenvalue weighted by Crippen LogP contribution is 2.30. The highest BCUT2D eigenvalue weighted by atomic mass is 79.9. The number of hydrogen-bond donors (Lipinski definition) is 1. The van der Waals surface area contributed by atoms with Crippen LogP contribution in [-0.4, -0.2) is 17.8 Å². The van der Waals surface area contributed by atoms with Crippen LogP contribution in [0.25, 0.3) is 6.08 Å². The Morgan fingerprint density at radius 1 is 1.03 bits per heavy atom. The molecule has 0 saturated carbocycles. The van der Waals surface area contributed by atoms with Gasteiger partial charge in [-0.1, -0.05) is 51.8 Å². The maximum Gasteiger partial charge on any atom is 0.335 e. The zero-order chi connectivity index (χ0) is 24.4. The van der Waals surface area contributed by atoms with E-state index in [4.69, 9.17) is 16.3 Å². The van der Waals surface area contributed by atoms with Crippen LogP contribution in [0.1, 0.15) is 22.3 Å². The first-order valence-corrected chi connectivity index (χ1v) is 11.6. The lowest BCUT2D eigenvalue weighted by molar-refractivity contribution is -0.122. The number of carbonyl (C=O) groups is 3. The fraction of sp³-hybridized carbons (Fsp3) is 0.115. The van der Waals surface area contributed by atoms with E-state index in [2.05, 4.69) is 21.2 Å². The lowest BCUT2D eigenvalue weighted by atomic mass is 10.0. The van der Waals surface area contributed by atoms with E-state index >= 15 is 0 Å². The lowest BCUT2D eigenvalue weighted by Crippen LogP contribution is -2.54. The maximum atomic E-state index is 13.3. The molecule has 0 aliphatic carbocycles. The molecule has 0 bridgehead atoms. The molecule has 172 valence electrons. The Labute approximate surface area is 210 Å². The van der Waals surface area contributed by atoms with Gasteiger partial charge in [0.05, 0.1) is 5.69 Å². The summed E-state index contributed by atoms with van der Waals surface area (Å²) in [6.45, 7) is 3.97. The number of nitrogens with one attached hydrogen (secondary N) is 1. The van der Waals surface area contributed by atoms with Gasteiger partial charge in [0.2, 0.25) is 0 Å².